The molecule has 88 valence electrons. The Morgan fingerprint density at radius 2 is 2.07 bits per heavy atom. The number of amides is 1. The van der Waals surface area contributed by atoms with Gasteiger partial charge >= 0.3 is 5.97 Å². The minimum Gasteiger partial charge on any atom is -0.480 e. The van der Waals surface area contributed by atoms with Crippen molar-refractivity contribution in [3.05, 3.63) is 0 Å². The van der Waals surface area contributed by atoms with Gasteiger partial charge in [-0.2, -0.15) is 0 Å². The number of hydrogen-bond acceptors (Lipinski definition) is 4. The number of methoxy groups -OCH3 is 1. The zero-order valence-corrected chi connectivity index (χ0v) is 9.24. The maximum absolute atomic E-state index is 11.4. The Morgan fingerprint density at radius 3 is 2.47 bits per heavy atom. The molecule has 0 rings (SSSR count). The van der Waals surface area contributed by atoms with E-state index in [1.807, 2.05) is 0 Å². The van der Waals surface area contributed by atoms with E-state index in [1.54, 1.807) is 0 Å². The number of aliphatic carboxylic acids is 1. The summed E-state index contributed by atoms with van der Waals surface area (Å²) in [5.41, 5.74) is 4.22. The maximum atomic E-state index is 11.4. The molecule has 0 fully saturated rings. The van der Waals surface area contributed by atoms with Gasteiger partial charge in [0.2, 0.25) is 5.91 Å². The van der Waals surface area contributed by atoms with E-state index in [-0.39, 0.29) is 0 Å². The minimum atomic E-state index is -1.30. The van der Waals surface area contributed by atoms with Crippen LogP contribution in [0, 0.1) is 0 Å². The largest absolute Gasteiger partial charge is 0.480 e. The van der Waals surface area contributed by atoms with Gasteiger partial charge in [-0.15, -0.1) is 0 Å². The molecule has 0 aromatic heterocycles. The predicted molar refractivity (Wildman–Crippen MR) is 54.3 cm³/mol. The molecule has 0 aliphatic carbocycles. The van der Waals surface area contributed by atoms with Crippen LogP contribution in [0.5, 0.6) is 0 Å². The third-order valence-electron chi connectivity index (χ3n) is 1.94. The molecule has 1 amide bonds. The number of nitrogens with one attached hydrogen (secondary N) is 1. The first-order valence-electron chi connectivity index (χ1n) is 4.61. The summed E-state index contributed by atoms with van der Waals surface area (Å²) in [7, 11) is 1.51. The van der Waals surface area contributed by atoms with Crippen LogP contribution in [0.3, 0.4) is 0 Å². The van der Waals surface area contributed by atoms with Gasteiger partial charge < -0.3 is 20.9 Å². The van der Waals surface area contributed by atoms with E-state index in [0.717, 1.165) is 0 Å². The SMILES string of the molecule is COCCC(N)C(=O)NC(C)(C)C(=O)O. The van der Waals surface area contributed by atoms with Gasteiger partial charge in [0.25, 0.3) is 0 Å². The average Bonchev–Trinajstić information content (AvgIpc) is 2.13. The van der Waals surface area contributed by atoms with Crippen LogP contribution >= 0.6 is 0 Å². The topological polar surface area (TPSA) is 102 Å². The lowest BCUT2D eigenvalue weighted by molar-refractivity contribution is -0.146. The molecule has 0 aliphatic heterocycles. The van der Waals surface area contributed by atoms with Crippen molar-refractivity contribution in [1.82, 2.24) is 5.32 Å². The molecule has 0 spiro atoms. The molecule has 0 aromatic rings. The Morgan fingerprint density at radius 1 is 1.53 bits per heavy atom. The molecular weight excluding hydrogens is 200 g/mol. The van der Waals surface area contributed by atoms with Crippen LogP contribution < -0.4 is 11.1 Å². The Balaban J connectivity index is 4.18. The minimum absolute atomic E-state index is 0.359. The second kappa shape index (κ2) is 5.67. The number of nitrogens with two attached hydrogens (primary N) is 1. The normalized spacial score (nSPS) is 13.3. The summed E-state index contributed by atoms with van der Waals surface area (Å²) < 4.78 is 4.76. The van der Waals surface area contributed by atoms with Gasteiger partial charge in [-0.05, 0) is 20.3 Å². The molecule has 15 heavy (non-hydrogen) atoms. The molecule has 6 heteroatoms. The van der Waals surface area contributed by atoms with Crippen molar-refractivity contribution in [2.24, 2.45) is 5.73 Å². The van der Waals surface area contributed by atoms with Crippen molar-refractivity contribution in [1.29, 1.82) is 0 Å². The van der Waals surface area contributed by atoms with Crippen molar-refractivity contribution in [2.45, 2.75) is 31.8 Å². The molecule has 0 aliphatic rings. The van der Waals surface area contributed by atoms with Crippen LogP contribution in [-0.2, 0) is 14.3 Å². The molecule has 0 aromatic carbocycles. The quantitative estimate of drug-likeness (QED) is 0.548. The Hall–Kier alpha value is -1.14. The fourth-order valence-corrected chi connectivity index (χ4v) is 0.830. The standard InChI is InChI=1S/C9H18N2O4/c1-9(2,8(13)14)11-7(12)6(10)4-5-15-3/h6H,4-5,10H2,1-3H3,(H,11,12)(H,13,14). The molecule has 1 atom stereocenters. The summed E-state index contributed by atoms with van der Waals surface area (Å²) in [6, 6.07) is -0.747. The molecule has 6 nitrogen and oxygen atoms in total. The van der Waals surface area contributed by atoms with Crippen molar-refractivity contribution in [3.8, 4) is 0 Å². The number of carbonyl (C=O) groups excluding carboxylic acids is 1. The first kappa shape index (κ1) is 13.9. The lowest BCUT2D eigenvalue weighted by Gasteiger charge is -2.23. The third-order valence-corrected chi connectivity index (χ3v) is 1.94. The second-order valence-electron chi connectivity index (χ2n) is 3.81. The summed E-state index contributed by atoms with van der Waals surface area (Å²) >= 11 is 0. The van der Waals surface area contributed by atoms with Crippen LogP contribution in [0.2, 0.25) is 0 Å². The highest BCUT2D eigenvalue weighted by Gasteiger charge is 2.30. The van der Waals surface area contributed by atoms with Gasteiger partial charge in [-0.1, -0.05) is 0 Å². The van der Waals surface area contributed by atoms with Crippen molar-refractivity contribution < 1.29 is 19.4 Å². The van der Waals surface area contributed by atoms with E-state index in [9.17, 15) is 9.59 Å². The lowest BCUT2D eigenvalue weighted by Crippen LogP contribution is -2.54. The van der Waals surface area contributed by atoms with Gasteiger partial charge in [-0.25, -0.2) is 4.79 Å². The zero-order valence-electron chi connectivity index (χ0n) is 9.24. The Bertz CT molecular complexity index is 240. The summed E-state index contributed by atoms with van der Waals surface area (Å²) in [4.78, 5) is 22.1. The van der Waals surface area contributed by atoms with Crippen molar-refractivity contribution in [2.75, 3.05) is 13.7 Å². The van der Waals surface area contributed by atoms with Gasteiger partial charge in [-0.3, -0.25) is 4.79 Å². The van der Waals surface area contributed by atoms with E-state index in [2.05, 4.69) is 5.32 Å². The van der Waals surface area contributed by atoms with Gasteiger partial charge in [0.1, 0.15) is 5.54 Å². The lowest BCUT2D eigenvalue weighted by atomic mass is 10.1. The predicted octanol–water partition coefficient (Wildman–Crippen LogP) is -0.670. The highest BCUT2D eigenvalue weighted by atomic mass is 16.5. The fourth-order valence-electron chi connectivity index (χ4n) is 0.830. The van der Waals surface area contributed by atoms with Gasteiger partial charge in [0.15, 0.2) is 0 Å². The summed E-state index contributed by atoms with van der Waals surface area (Å²) in [5, 5.41) is 11.1. The van der Waals surface area contributed by atoms with E-state index in [0.29, 0.717) is 13.0 Å². The maximum Gasteiger partial charge on any atom is 0.328 e. The highest BCUT2D eigenvalue weighted by Crippen LogP contribution is 2.02. The van der Waals surface area contributed by atoms with Crippen LogP contribution in [-0.4, -0.2) is 42.3 Å². The third kappa shape index (κ3) is 4.75. The van der Waals surface area contributed by atoms with Crippen LogP contribution in [0.1, 0.15) is 20.3 Å². The summed E-state index contributed by atoms with van der Waals surface area (Å²) in [6.07, 6.45) is 0.359. The first-order chi connectivity index (χ1) is 6.81. The number of rotatable bonds is 6. The van der Waals surface area contributed by atoms with Crippen molar-refractivity contribution >= 4 is 11.9 Å². The molecule has 0 saturated heterocycles. The van der Waals surface area contributed by atoms with Gasteiger partial charge in [0, 0.05) is 13.7 Å². The fraction of sp³-hybridized carbons (Fsp3) is 0.778. The number of carboxylic acids is 1. The molecule has 0 radical (unpaired) electrons. The first-order valence-corrected chi connectivity index (χ1v) is 4.61. The number of carboxylic acid groups (broad SMARTS) is 1. The molecule has 0 saturated carbocycles. The smallest absolute Gasteiger partial charge is 0.328 e. The van der Waals surface area contributed by atoms with Crippen LogP contribution in [0.4, 0.5) is 0 Å². The molecule has 1 unspecified atom stereocenters. The Kier molecular flexibility index (Phi) is 5.24. The average molecular weight is 218 g/mol. The Labute approximate surface area is 88.8 Å². The summed E-state index contributed by atoms with van der Waals surface area (Å²) in [6.45, 7) is 3.16. The molecule has 4 N–H and O–H groups in total. The molecule has 0 bridgehead atoms. The van der Waals surface area contributed by atoms with Crippen LogP contribution in [0.15, 0.2) is 0 Å². The van der Waals surface area contributed by atoms with E-state index in [4.69, 9.17) is 15.6 Å². The molecule has 0 heterocycles. The van der Waals surface area contributed by atoms with E-state index < -0.39 is 23.5 Å². The molecular formula is C9H18N2O4. The summed E-state index contributed by atoms with van der Waals surface area (Å²) in [5.74, 6) is -1.59. The van der Waals surface area contributed by atoms with E-state index in [1.165, 1.54) is 21.0 Å². The van der Waals surface area contributed by atoms with Crippen molar-refractivity contribution in [3.63, 3.8) is 0 Å². The number of hydrogen-bond donors (Lipinski definition) is 3. The number of ether oxygens (including phenoxy) is 1. The second-order valence-corrected chi connectivity index (χ2v) is 3.81. The van der Waals surface area contributed by atoms with Gasteiger partial charge in [0.05, 0.1) is 6.04 Å². The van der Waals surface area contributed by atoms with Crippen LogP contribution in [0.25, 0.3) is 0 Å². The number of carbonyl (C=O) groups is 2. The van der Waals surface area contributed by atoms with E-state index >= 15 is 0 Å². The highest BCUT2D eigenvalue weighted by molar-refractivity contribution is 5.88. The zero-order chi connectivity index (χ0) is 12.1. The monoisotopic (exact) mass is 218 g/mol.